The Morgan fingerprint density at radius 1 is 1.06 bits per heavy atom. The van der Waals surface area contributed by atoms with Crippen LogP contribution in [-0.2, 0) is 27.9 Å². The molecule has 0 saturated heterocycles. The lowest BCUT2D eigenvalue weighted by Crippen LogP contribution is -2.30. The Balaban J connectivity index is 1.83. The summed E-state index contributed by atoms with van der Waals surface area (Å²) in [5, 5.41) is 4.33. The summed E-state index contributed by atoms with van der Waals surface area (Å²) in [7, 11) is -3.83. The fourth-order valence-corrected chi connectivity index (χ4v) is 4.41. The van der Waals surface area contributed by atoms with Crippen molar-refractivity contribution in [1.29, 1.82) is 0 Å². The second kappa shape index (κ2) is 10.8. The van der Waals surface area contributed by atoms with Gasteiger partial charge >= 0.3 is 0 Å². The molecule has 33 heavy (non-hydrogen) atoms. The number of aryl methyl sites for hydroxylation is 1. The first-order chi connectivity index (χ1) is 15.6. The standard InChI is InChI=1S/C24H26ClN3O4S/c1-17(2)24(29)27-26-14-21-10-11-22(32-21)16-28(15-19-6-4-18(3)5-7-19)33(30,31)23-12-8-20(25)9-13-23/h4-14,17H,15-16H2,1-3H3,(H,27,29)/b26-14-. The highest BCUT2D eigenvalue weighted by atomic mass is 35.5. The average Bonchev–Trinajstić information content (AvgIpc) is 3.22. The molecule has 0 spiro atoms. The molecule has 9 heteroatoms. The zero-order valence-corrected chi connectivity index (χ0v) is 20.2. The Labute approximate surface area is 199 Å². The minimum Gasteiger partial charge on any atom is -0.459 e. The summed E-state index contributed by atoms with van der Waals surface area (Å²) in [6, 6.07) is 17.1. The maximum absolute atomic E-state index is 13.4. The summed E-state index contributed by atoms with van der Waals surface area (Å²) in [5.41, 5.74) is 4.36. The molecular weight excluding hydrogens is 462 g/mol. The lowest BCUT2D eigenvalue weighted by molar-refractivity contribution is -0.123. The minimum atomic E-state index is -3.83. The van der Waals surface area contributed by atoms with Crippen molar-refractivity contribution in [2.24, 2.45) is 11.0 Å². The molecular formula is C24H26ClN3O4S. The molecule has 3 rings (SSSR count). The third-order valence-electron chi connectivity index (χ3n) is 4.84. The number of amides is 1. The van der Waals surface area contributed by atoms with Crippen molar-refractivity contribution >= 4 is 33.7 Å². The number of hydrogen-bond acceptors (Lipinski definition) is 5. The number of hydrogen-bond donors (Lipinski definition) is 1. The normalized spacial score (nSPS) is 12.1. The van der Waals surface area contributed by atoms with Gasteiger partial charge in [0.05, 0.1) is 17.7 Å². The van der Waals surface area contributed by atoms with Gasteiger partial charge < -0.3 is 4.42 Å². The quantitative estimate of drug-likeness (QED) is 0.348. The highest BCUT2D eigenvalue weighted by molar-refractivity contribution is 7.89. The number of rotatable bonds is 9. The van der Waals surface area contributed by atoms with E-state index in [1.54, 1.807) is 38.1 Å². The Morgan fingerprint density at radius 2 is 1.73 bits per heavy atom. The van der Waals surface area contributed by atoms with Crippen LogP contribution in [0.1, 0.15) is 36.5 Å². The van der Waals surface area contributed by atoms with Crippen molar-refractivity contribution in [3.63, 3.8) is 0 Å². The van der Waals surface area contributed by atoms with Crippen LogP contribution in [0.4, 0.5) is 0 Å². The number of carbonyl (C=O) groups is 1. The van der Waals surface area contributed by atoms with Crippen LogP contribution in [-0.4, -0.2) is 24.8 Å². The van der Waals surface area contributed by atoms with E-state index in [2.05, 4.69) is 10.5 Å². The number of nitrogens with zero attached hydrogens (tertiary/aromatic N) is 2. The van der Waals surface area contributed by atoms with Crippen molar-refractivity contribution in [3.05, 3.63) is 88.3 Å². The van der Waals surface area contributed by atoms with Crippen molar-refractivity contribution in [2.45, 2.75) is 38.8 Å². The van der Waals surface area contributed by atoms with Gasteiger partial charge in [0.15, 0.2) is 0 Å². The predicted octanol–water partition coefficient (Wildman–Crippen LogP) is 4.74. The number of halogens is 1. The van der Waals surface area contributed by atoms with E-state index in [9.17, 15) is 13.2 Å². The van der Waals surface area contributed by atoms with Gasteiger partial charge in [0.2, 0.25) is 15.9 Å². The summed E-state index contributed by atoms with van der Waals surface area (Å²) in [6.07, 6.45) is 1.38. The summed E-state index contributed by atoms with van der Waals surface area (Å²) >= 11 is 5.93. The molecule has 2 aromatic carbocycles. The van der Waals surface area contributed by atoms with E-state index in [1.807, 2.05) is 31.2 Å². The highest BCUT2D eigenvalue weighted by Crippen LogP contribution is 2.23. The van der Waals surface area contributed by atoms with Gasteiger partial charge in [-0.05, 0) is 48.9 Å². The maximum Gasteiger partial charge on any atom is 0.243 e. The van der Waals surface area contributed by atoms with E-state index < -0.39 is 10.0 Å². The molecule has 3 aromatic rings. The van der Waals surface area contributed by atoms with Crippen LogP contribution in [0.5, 0.6) is 0 Å². The molecule has 0 atom stereocenters. The number of hydrazone groups is 1. The SMILES string of the molecule is Cc1ccc(CN(Cc2ccc(/C=N\NC(=O)C(C)C)o2)S(=O)(=O)c2ccc(Cl)cc2)cc1. The van der Waals surface area contributed by atoms with Crippen molar-refractivity contribution < 1.29 is 17.6 Å². The second-order valence-corrected chi connectivity index (χ2v) is 10.3. The molecule has 0 aliphatic carbocycles. The first-order valence-corrected chi connectivity index (χ1v) is 12.2. The lowest BCUT2D eigenvalue weighted by Gasteiger charge is -2.21. The van der Waals surface area contributed by atoms with Gasteiger partial charge in [0.1, 0.15) is 11.5 Å². The Kier molecular flexibility index (Phi) is 8.07. The molecule has 0 aliphatic heterocycles. The molecule has 0 fully saturated rings. The Hall–Kier alpha value is -2.94. The molecule has 174 valence electrons. The van der Waals surface area contributed by atoms with Gasteiger partial charge in [0, 0.05) is 17.5 Å². The predicted molar refractivity (Wildman–Crippen MR) is 128 cm³/mol. The molecule has 0 unspecified atom stereocenters. The van der Waals surface area contributed by atoms with Gasteiger partial charge in [-0.2, -0.15) is 9.41 Å². The van der Waals surface area contributed by atoms with Gasteiger partial charge in [-0.15, -0.1) is 0 Å². The zero-order chi connectivity index (χ0) is 24.0. The number of furan rings is 1. The topological polar surface area (TPSA) is 92.0 Å². The van der Waals surface area contributed by atoms with E-state index in [1.165, 1.54) is 22.7 Å². The van der Waals surface area contributed by atoms with Crippen molar-refractivity contribution in [3.8, 4) is 0 Å². The van der Waals surface area contributed by atoms with Crippen molar-refractivity contribution in [2.75, 3.05) is 0 Å². The Bertz CT molecular complexity index is 1220. The van der Waals surface area contributed by atoms with E-state index in [-0.39, 0.29) is 29.8 Å². The van der Waals surface area contributed by atoms with Crippen LogP contribution in [0.2, 0.25) is 5.02 Å². The number of sulfonamides is 1. The van der Waals surface area contributed by atoms with Crippen LogP contribution in [0.15, 0.2) is 75.1 Å². The van der Waals surface area contributed by atoms with E-state index in [4.69, 9.17) is 16.0 Å². The smallest absolute Gasteiger partial charge is 0.243 e. The van der Waals surface area contributed by atoms with E-state index in [0.717, 1.165) is 11.1 Å². The van der Waals surface area contributed by atoms with Crippen LogP contribution in [0.25, 0.3) is 0 Å². The lowest BCUT2D eigenvalue weighted by atomic mass is 10.1. The van der Waals surface area contributed by atoms with Crippen LogP contribution in [0, 0.1) is 12.8 Å². The summed E-state index contributed by atoms with van der Waals surface area (Å²) in [4.78, 5) is 11.7. The molecule has 0 bridgehead atoms. The number of nitrogens with one attached hydrogen (secondary N) is 1. The molecule has 0 saturated carbocycles. The number of benzene rings is 2. The monoisotopic (exact) mass is 487 g/mol. The molecule has 0 radical (unpaired) electrons. The highest BCUT2D eigenvalue weighted by Gasteiger charge is 2.26. The number of carbonyl (C=O) groups excluding carboxylic acids is 1. The van der Waals surface area contributed by atoms with Crippen molar-refractivity contribution in [1.82, 2.24) is 9.73 Å². The molecule has 0 aliphatic rings. The van der Waals surface area contributed by atoms with Crippen LogP contribution < -0.4 is 5.43 Å². The largest absolute Gasteiger partial charge is 0.459 e. The molecule has 7 nitrogen and oxygen atoms in total. The molecule has 1 aromatic heterocycles. The van der Waals surface area contributed by atoms with Crippen LogP contribution >= 0.6 is 11.6 Å². The van der Waals surface area contributed by atoms with Gasteiger partial charge in [-0.1, -0.05) is 55.3 Å². The van der Waals surface area contributed by atoms with Gasteiger partial charge in [-0.25, -0.2) is 13.8 Å². The van der Waals surface area contributed by atoms with E-state index >= 15 is 0 Å². The first-order valence-electron chi connectivity index (χ1n) is 10.4. The van der Waals surface area contributed by atoms with Gasteiger partial charge in [0.25, 0.3) is 0 Å². The summed E-state index contributed by atoms with van der Waals surface area (Å²) < 4.78 is 33.9. The van der Waals surface area contributed by atoms with E-state index in [0.29, 0.717) is 16.5 Å². The second-order valence-electron chi connectivity index (χ2n) is 7.91. The fraction of sp³-hybridized carbons (Fsp3) is 0.250. The van der Waals surface area contributed by atoms with Gasteiger partial charge in [-0.3, -0.25) is 4.79 Å². The maximum atomic E-state index is 13.4. The summed E-state index contributed by atoms with van der Waals surface area (Å²) in [6.45, 7) is 5.69. The van der Waals surface area contributed by atoms with Crippen LogP contribution in [0.3, 0.4) is 0 Å². The minimum absolute atomic E-state index is 0.0189. The average molecular weight is 488 g/mol. The zero-order valence-electron chi connectivity index (χ0n) is 18.7. The first kappa shape index (κ1) is 24.7. The third-order valence-corrected chi connectivity index (χ3v) is 6.89. The molecule has 1 N–H and O–H groups in total. The summed E-state index contributed by atoms with van der Waals surface area (Å²) in [5.74, 6) is 0.434. The molecule has 1 amide bonds. The third kappa shape index (κ3) is 6.77. The molecule has 1 heterocycles. The fourth-order valence-electron chi connectivity index (χ4n) is 2.89. The Morgan fingerprint density at radius 3 is 2.36 bits per heavy atom.